The van der Waals surface area contributed by atoms with Crippen molar-refractivity contribution in [3.8, 4) is 23.0 Å². The van der Waals surface area contributed by atoms with Crippen molar-refractivity contribution >= 4 is 53.7 Å². The normalized spacial score (nSPS) is 17.6. The van der Waals surface area contributed by atoms with Crippen molar-refractivity contribution in [2.45, 2.75) is 121 Å². The summed E-state index contributed by atoms with van der Waals surface area (Å²) < 4.78 is 44.3. The first kappa shape index (κ1) is 53.7. The molecule has 0 unspecified atom stereocenters. The molecular weight excluding hydrogens is 912 g/mol. The summed E-state index contributed by atoms with van der Waals surface area (Å²) in [6.07, 6.45) is 11.6. The third-order valence-electron chi connectivity index (χ3n) is 11.9. The minimum absolute atomic E-state index is 0.0157. The molecule has 0 bridgehead atoms. The molecule has 2 aliphatic carbocycles. The highest BCUT2D eigenvalue weighted by atomic mass is 35.5. The maximum absolute atomic E-state index is 13.2. The molecule has 2 fully saturated rings. The van der Waals surface area contributed by atoms with E-state index < -0.39 is 35.9 Å². The van der Waals surface area contributed by atoms with Gasteiger partial charge in [-0.2, -0.15) is 0 Å². The Morgan fingerprint density at radius 1 is 0.551 bits per heavy atom. The van der Waals surface area contributed by atoms with E-state index in [0.717, 1.165) is 57.4 Å². The van der Waals surface area contributed by atoms with E-state index in [1.54, 1.807) is 48.5 Å². The molecule has 0 spiro atoms. The average Bonchev–Trinajstić information content (AvgIpc) is 3.36. The first-order valence-corrected chi connectivity index (χ1v) is 24.5. The number of rotatable bonds is 28. The quantitative estimate of drug-likeness (QED) is 0.0127. The molecule has 3 aromatic carbocycles. The Hall–Kier alpha value is -6.22. The van der Waals surface area contributed by atoms with Crippen molar-refractivity contribution in [1.82, 2.24) is 0 Å². The van der Waals surface area contributed by atoms with Crippen LogP contribution in [0.1, 0.15) is 140 Å². The Kier molecular flexibility index (Phi) is 23.1. The number of ether oxygens (including phenoxy) is 8. The third kappa shape index (κ3) is 19.0. The number of aldehydes is 1. The van der Waals surface area contributed by atoms with Crippen LogP contribution >= 0.6 is 11.6 Å². The highest BCUT2D eigenvalue weighted by molar-refractivity contribution is 6.18. The fraction of sp³-hybridized carbons (Fsp3) is 0.491. The van der Waals surface area contributed by atoms with E-state index in [-0.39, 0.29) is 53.1 Å². The summed E-state index contributed by atoms with van der Waals surface area (Å²) in [5.74, 6) is -1.40. The number of unbranched alkanes of at least 4 members (excludes halogenated alkanes) is 6. The zero-order chi connectivity index (χ0) is 49.2. The van der Waals surface area contributed by atoms with Gasteiger partial charge in [-0.05, 0) is 169 Å². The fourth-order valence-electron chi connectivity index (χ4n) is 7.91. The monoisotopic (exact) mass is 974 g/mol. The predicted octanol–water partition coefficient (Wildman–Crippen LogP) is 9.92. The topological polar surface area (TPSA) is 193 Å². The van der Waals surface area contributed by atoms with E-state index in [1.807, 2.05) is 0 Å². The second-order valence-electron chi connectivity index (χ2n) is 17.0. The van der Waals surface area contributed by atoms with Crippen molar-refractivity contribution in [1.29, 1.82) is 0 Å². The average molecular weight is 976 g/mol. The van der Waals surface area contributed by atoms with Gasteiger partial charge >= 0.3 is 35.8 Å². The van der Waals surface area contributed by atoms with Gasteiger partial charge in [-0.25, -0.2) is 14.4 Å². The molecule has 0 aliphatic heterocycles. The molecule has 15 nitrogen and oxygen atoms in total. The SMILES string of the molecule is C=CC(=O)OCCCCCCOc1ccc(C(=O)O[C@H]2CC[C@H](C(=O)Oc3ccc(C(=O)O[C@H]4CC[C@H](C(=O)Oc5ccc(OCCCCCCOC(=O)CCCl)cc5)CC4)c(C=O)c3)CC2)cc1. The maximum atomic E-state index is 13.2. The van der Waals surface area contributed by atoms with Gasteiger partial charge in [0.1, 0.15) is 35.2 Å². The molecule has 3 aromatic rings. The van der Waals surface area contributed by atoms with Gasteiger partial charge in [-0.15, -0.1) is 11.6 Å². The van der Waals surface area contributed by atoms with Crippen LogP contribution in [-0.4, -0.2) is 86.6 Å². The van der Waals surface area contributed by atoms with Crippen LogP contribution < -0.4 is 18.9 Å². The molecule has 0 N–H and O–H groups in total. The standard InChI is InChI=1S/C53H63ClO15/c1-2-48(56)64-33-9-5-3-7-31-62-41-17-11-37(12-18-41)50(58)66-43-19-13-39(14-20-43)52(60)69-46-27-28-47(40(35-46)36-55)53(61)68-44-21-15-38(16-22-44)51(59)67-45-25-23-42(24-26-45)63-32-8-4-6-10-34-65-49(57)29-30-54/h2,11-12,17-18,23-28,35-36,38-39,43-44H,1,3-10,13-16,19-22,29-34H2/t38-,39-,43-,44-. The summed E-state index contributed by atoms with van der Waals surface area (Å²) in [6.45, 7) is 5.18. The lowest BCUT2D eigenvalue weighted by Gasteiger charge is -2.27. The van der Waals surface area contributed by atoms with Crippen LogP contribution in [0.5, 0.6) is 23.0 Å². The first-order chi connectivity index (χ1) is 33.5. The smallest absolute Gasteiger partial charge is 0.339 e. The Morgan fingerprint density at radius 3 is 1.54 bits per heavy atom. The summed E-state index contributed by atoms with van der Waals surface area (Å²) >= 11 is 5.52. The molecule has 16 heteroatoms. The summed E-state index contributed by atoms with van der Waals surface area (Å²) in [7, 11) is 0. The van der Waals surface area contributed by atoms with Crippen molar-refractivity contribution in [3.63, 3.8) is 0 Å². The van der Waals surface area contributed by atoms with Crippen LogP contribution in [0.25, 0.3) is 0 Å². The van der Waals surface area contributed by atoms with Crippen LogP contribution in [0.2, 0.25) is 0 Å². The molecule has 372 valence electrons. The summed E-state index contributed by atoms with van der Waals surface area (Å²) in [4.78, 5) is 86.6. The van der Waals surface area contributed by atoms with Gasteiger partial charge in [-0.3, -0.25) is 19.2 Å². The first-order valence-electron chi connectivity index (χ1n) is 24.0. The number of carbonyl (C=O) groups excluding carboxylic acids is 7. The molecule has 69 heavy (non-hydrogen) atoms. The van der Waals surface area contributed by atoms with E-state index in [9.17, 15) is 33.6 Å². The highest BCUT2D eigenvalue weighted by Gasteiger charge is 2.32. The Morgan fingerprint density at radius 2 is 1.01 bits per heavy atom. The molecule has 2 aliphatic rings. The molecule has 0 atom stereocenters. The van der Waals surface area contributed by atoms with Crippen LogP contribution in [0, 0.1) is 11.8 Å². The number of carbonyl (C=O) groups is 7. The second kappa shape index (κ2) is 29.6. The van der Waals surface area contributed by atoms with E-state index in [0.29, 0.717) is 107 Å². The Bertz CT molecular complexity index is 2140. The minimum Gasteiger partial charge on any atom is -0.494 e. The van der Waals surface area contributed by atoms with E-state index in [4.69, 9.17) is 49.5 Å². The fourth-order valence-corrected chi connectivity index (χ4v) is 8.06. The molecular formula is C53H63ClO15. The zero-order valence-electron chi connectivity index (χ0n) is 39.1. The number of hydrogen-bond donors (Lipinski definition) is 0. The second-order valence-corrected chi connectivity index (χ2v) is 17.4. The van der Waals surface area contributed by atoms with Gasteiger partial charge in [0.15, 0.2) is 6.29 Å². The third-order valence-corrected chi connectivity index (χ3v) is 12.1. The van der Waals surface area contributed by atoms with Gasteiger partial charge in [0.2, 0.25) is 0 Å². The Labute approximate surface area is 408 Å². The molecule has 0 aromatic heterocycles. The summed E-state index contributed by atoms with van der Waals surface area (Å²) in [5, 5.41) is 0. The number of benzene rings is 3. The zero-order valence-corrected chi connectivity index (χ0v) is 39.8. The molecule has 0 heterocycles. The molecule has 0 radical (unpaired) electrons. The van der Waals surface area contributed by atoms with Gasteiger partial charge in [0, 0.05) is 17.5 Å². The highest BCUT2D eigenvalue weighted by Crippen LogP contribution is 2.32. The van der Waals surface area contributed by atoms with E-state index in [2.05, 4.69) is 6.58 Å². The van der Waals surface area contributed by atoms with E-state index >= 15 is 0 Å². The van der Waals surface area contributed by atoms with Crippen molar-refractivity contribution < 1.29 is 71.5 Å². The molecule has 0 amide bonds. The largest absolute Gasteiger partial charge is 0.494 e. The van der Waals surface area contributed by atoms with Gasteiger partial charge < -0.3 is 37.9 Å². The number of hydrogen-bond acceptors (Lipinski definition) is 15. The predicted molar refractivity (Wildman–Crippen MR) is 254 cm³/mol. The lowest BCUT2D eigenvalue weighted by Crippen LogP contribution is -2.30. The van der Waals surface area contributed by atoms with E-state index in [1.165, 1.54) is 18.2 Å². The minimum atomic E-state index is -0.688. The van der Waals surface area contributed by atoms with Crippen molar-refractivity contribution in [3.05, 3.63) is 96.1 Å². The molecule has 2 saturated carbocycles. The number of esters is 6. The lowest BCUT2D eigenvalue weighted by atomic mass is 9.87. The molecule has 5 rings (SSSR count). The van der Waals surface area contributed by atoms with Crippen molar-refractivity contribution in [2.75, 3.05) is 32.3 Å². The van der Waals surface area contributed by atoms with Gasteiger partial charge in [-0.1, -0.05) is 6.58 Å². The number of halogens is 1. The maximum Gasteiger partial charge on any atom is 0.339 e. The van der Waals surface area contributed by atoms with Crippen LogP contribution in [0.3, 0.4) is 0 Å². The van der Waals surface area contributed by atoms with Crippen molar-refractivity contribution in [2.24, 2.45) is 11.8 Å². The van der Waals surface area contributed by atoms with Crippen LogP contribution in [0.4, 0.5) is 0 Å². The van der Waals surface area contributed by atoms with Gasteiger partial charge in [0.25, 0.3) is 0 Å². The molecule has 0 saturated heterocycles. The summed E-state index contributed by atoms with van der Waals surface area (Å²) in [5.41, 5.74) is 0.447. The summed E-state index contributed by atoms with van der Waals surface area (Å²) in [6, 6.07) is 17.8. The Balaban J connectivity index is 0.942. The van der Waals surface area contributed by atoms with Crippen LogP contribution in [-0.2, 0) is 38.1 Å². The lowest BCUT2D eigenvalue weighted by molar-refractivity contribution is -0.143. The number of alkyl halides is 1. The van der Waals surface area contributed by atoms with Crippen LogP contribution in [0.15, 0.2) is 79.4 Å². The van der Waals surface area contributed by atoms with Gasteiger partial charge in [0.05, 0.1) is 55.8 Å².